The summed E-state index contributed by atoms with van der Waals surface area (Å²) in [5.74, 6) is 1.42. The summed E-state index contributed by atoms with van der Waals surface area (Å²) in [5.41, 5.74) is 6.47. The molecule has 0 spiro atoms. The van der Waals surface area contributed by atoms with Gasteiger partial charge in [-0.3, -0.25) is 9.98 Å². The van der Waals surface area contributed by atoms with Crippen LogP contribution in [0.25, 0.3) is 0 Å². The Kier molecular flexibility index (Phi) is 7.92. The topological polar surface area (TPSA) is 97.6 Å². The van der Waals surface area contributed by atoms with Crippen LogP contribution in [-0.2, 0) is 0 Å². The van der Waals surface area contributed by atoms with Crippen LogP contribution in [0.15, 0.2) is 20.2 Å². The molecule has 0 saturated heterocycles. The second-order valence-corrected chi connectivity index (χ2v) is 4.26. The third kappa shape index (κ3) is 6.17. The number of rotatable bonds is 3. The maximum Gasteiger partial charge on any atom is 0.212 e. The van der Waals surface area contributed by atoms with Gasteiger partial charge >= 0.3 is 0 Å². The van der Waals surface area contributed by atoms with Gasteiger partial charge in [-0.15, -0.1) is 24.0 Å². The van der Waals surface area contributed by atoms with Crippen LogP contribution in [0.2, 0.25) is 0 Å². The average Bonchev–Trinajstić information content (AvgIpc) is 2.47. The highest BCUT2D eigenvalue weighted by molar-refractivity contribution is 14.0. The molecule has 0 aromatic carbocycles. The molecule has 2 aliphatic heterocycles. The molecular weight excluding hydrogens is 371 g/mol. The summed E-state index contributed by atoms with van der Waals surface area (Å²) in [6.45, 7) is 5.40. The van der Waals surface area contributed by atoms with Crippen LogP contribution < -0.4 is 21.5 Å². The smallest absolute Gasteiger partial charge is 0.212 e. The first-order valence-electron chi connectivity index (χ1n) is 6.50. The highest BCUT2D eigenvalue weighted by Crippen LogP contribution is 1.87. The molecule has 2 aliphatic rings. The van der Waals surface area contributed by atoms with Gasteiger partial charge in [-0.05, 0) is 19.8 Å². The minimum atomic E-state index is 0. The van der Waals surface area contributed by atoms with Gasteiger partial charge in [0.05, 0.1) is 11.9 Å². The van der Waals surface area contributed by atoms with E-state index in [1.165, 1.54) is 0 Å². The van der Waals surface area contributed by atoms with Crippen LogP contribution in [-0.4, -0.2) is 50.0 Å². The van der Waals surface area contributed by atoms with E-state index in [1.807, 2.05) is 6.92 Å². The quantitative estimate of drug-likeness (QED) is 0.305. The van der Waals surface area contributed by atoms with E-state index in [4.69, 9.17) is 0 Å². The standard InChI is InChI=1S/C11H20N8.HI/c1-9(17-19-11-14-6-3-7-15-11)8-16-18-10-12-4-2-5-13-10;/h8H,2-7H2,1H3,(H2,12,13,18)(H2,14,15,19);1H/b16-8+,17-9+;. The lowest BCUT2D eigenvalue weighted by Gasteiger charge is -2.13. The number of hydrogen-bond donors (Lipinski definition) is 4. The monoisotopic (exact) mass is 392 g/mol. The van der Waals surface area contributed by atoms with Gasteiger partial charge < -0.3 is 10.6 Å². The predicted molar refractivity (Wildman–Crippen MR) is 93.1 cm³/mol. The fourth-order valence-corrected chi connectivity index (χ4v) is 1.57. The Morgan fingerprint density at radius 2 is 1.70 bits per heavy atom. The van der Waals surface area contributed by atoms with Crippen molar-refractivity contribution in [2.45, 2.75) is 19.8 Å². The van der Waals surface area contributed by atoms with E-state index in [-0.39, 0.29) is 24.0 Å². The lowest BCUT2D eigenvalue weighted by atomic mass is 10.4. The SMILES string of the molecule is CC(/C=N/NC1=NCCCN1)=N\NC1=NCCCN1.I. The molecular formula is C11H21IN8. The molecule has 0 bridgehead atoms. The molecule has 0 aromatic heterocycles. The first kappa shape index (κ1) is 16.7. The van der Waals surface area contributed by atoms with Crippen LogP contribution in [0.1, 0.15) is 19.8 Å². The summed E-state index contributed by atoms with van der Waals surface area (Å²) in [4.78, 5) is 8.50. The second kappa shape index (κ2) is 9.50. The molecule has 8 nitrogen and oxygen atoms in total. The number of halogens is 1. The first-order valence-corrected chi connectivity index (χ1v) is 6.50. The zero-order chi connectivity index (χ0) is 13.3. The Morgan fingerprint density at radius 1 is 1.10 bits per heavy atom. The highest BCUT2D eigenvalue weighted by atomic mass is 127. The van der Waals surface area contributed by atoms with Gasteiger partial charge in [0, 0.05) is 26.2 Å². The van der Waals surface area contributed by atoms with Gasteiger partial charge in [0.15, 0.2) is 0 Å². The van der Waals surface area contributed by atoms with E-state index in [0.29, 0.717) is 11.9 Å². The van der Waals surface area contributed by atoms with Crippen molar-refractivity contribution >= 4 is 47.8 Å². The lowest BCUT2D eigenvalue weighted by Crippen LogP contribution is -2.39. The van der Waals surface area contributed by atoms with E-state index in [1.54, 1.807) is 6.21 Å². The Balaban J connectivity index is 0.00000200. The van der Waals surface area contributed by atoms with Crippen LogP contribution in [0.3, 0.4) is 0 Å². The van der Waals surface area contributed by atoms with E-state index in [9.17, 15) is 0 Å². The Labute approximate surface area is 135 Å². The van der Waals surface area contributed by atoms with Crippen LogP contribution >= 0.6 is 24.0 Å². The normalized spacial score (nSPS) is 19.1. The minimum Gasteiger partial charge on any atom is -0.355 e. The summed E-state index contributed by atoms with van der Waals surface area (Å²) < 4.78 is 0. The molecule has 20 heavy (non-hydrogen) atoms. The fraction of sp³-hybridized carbons (Fsp3) is 0.636. The van der Waals surface area contributed by atoms with Crippen molar-refractivity contribution < 1.29 is 0 Å². The number of nitrogens with zero attached hydrogens (tertiary/aromatic N) is 4. The van der Waals surface area contributed by atoms with E-state index >= 15 is 0 Å². The molecule has 112 valence electrons. The van der Waals surface area contributed by atoms with Gasteiger partial charge in [0.25, 0.3) is 0 Å². The van der Waals surface area contributed by atoms with Gasteiger partial charge in [0.1, 0.15) is 0 Å². The number of nitrogens with one attached hydrogen (secondary N) is 4. The van der Waals surface area contributed by atoms with Crippen molar-refractivity contribution in [3.8, 4) is 0 Å². The van der Waals surface area contributed by atoms with E-state index < -0.39 is 0 Å². The van der Waals surface area contributed by atoms with Crippen molar-refractivity contribution in [3.63, 3.8) is 0 Å². The third-order valence-corrected chi connectivity index (χ3v) is 2.55. The summed E-state index contributed by atoms with van der Waals surface area (Å²) >= 11 is 0. The molecule has 0 unspecified atom stereocenters. The van der Waals surface area contributed by atoms with Crippen LogP contribution in [0, 0.1) is 0 Å². The molecule has 2 rings (SSSR count). The molecule has 9 heteroatoms. The third-order valence-electron chi connectivity index (χ3n) is 2.55. The second-order valence-electron chi connectivity index (χ2n) is 4.26. The minimum absolute atomic E-state index is 0. The summed E-state index contributed by atoms with van der Waals surface area (Å²) in [5, 5.41) is 14.5. The number of hydrogen-bond acceptors (Lipinski definition) is 8. The van der Waals surface area contributed by atoms with E-state index in [0.717, 1.165) is 44.7 Å². The Bertz CT molecular complexity index is 415. The molecule has 2 heterocycles. The van der Waals surface area contributed by atoms with Crippen LogP contribution in [0.5, 0.6) is 0 Å². The zero-order valence-corrected chi connectivity index (χ0v) is 13.8. The van der Waals surface area contributed by atoms with Crippen molar-refractivity contribution in [2.24, 2.45) is 20.2 Å². The van der Waals surface area contributed by atoms with Crippen molar-refractivity contribution in [1.29, 1.82) is 0 Å². The fourth-order valence-electron chi connectivity index (χ4n) is 1.57. The Hall–Kier alpha value is -1.39. The number of hydrazone groups is 2. The molecule has 0 saturated carbocycles. The zero-order valence-electron chi connectivity index (χ0n) is 11.5. The first-order chi connectivity index (χ1) is 9.34. The van der Waals surface area contributed by atoms with Gasteiger partial charge in [0.2, 0.25) is 11.9 Å². The molecule has 0 radical (unpaired) electrons. The number of aliphatic imine (C=N–C) groups is 2. The molecule has 0 amide bonds. The summed E-state index contributed by atoms with van der Waals surface area (Å²) in [6, 6.07) is 0. The maximum atomic E-state index is 4.25. The Morgan fingerprint density at radius 3 is 2.25 bits per heavy atom. The molecule has 0 aromatic rings. The number of guanidine groups is 2. The lowest BCUT2D eigenvalue weighted by molar-refractivity contribution is 0.710. The van der Waals surface area contributed by atoms with Gasteiger partial charge in [-0.25, -0.2) is 10.9 Å². The van der Waals surface area contributed by atoms with Crippen molar-refractivity contribution in [1.82, 2.24) is 21.5 Å². The summed E-state index contributed by atoms with van der Waals surface area (Å²) in [7, 11) is 0. The molecule has 0 atom stereocenters. The predicted octanol–water partition coefficient (Wildman–Crippen LogP) is -0.156. The average molecular weight is 392 g/mol. The summed E-state index contributed by atoms with van der Waals surface area (Å²) in [6.07, 6.45) is 3.76. The van der Waals surface area contributed by atoms with Crippen molar-refractivity contribution in [3.05, 3.63) is 0 Å². The van der Waals surface area contributed by atoms with Gasteiger partial charge in [-0.2, -0.15) is 10.2 Å². The molecule has 0 fully saturated rings. The highest BCUT2D eigenvalue weighted by Gasteiger charge is 2.02. The largest absolute Gasteiger partial charge is 0.355 e. The maximum absolute atomic E-state index is 4.25. The molecule has 0 aliphatic carbocycles. The van der Waals surface area contributed by atoms with E-state index in [2.05, 4.69) is 41.7 Å². The van der Waals surface area contributed by atoms with Crippen molar-refractivity contribution in [2.75, 3.05) is 26.2 Å². The molecule has 4 N–H and O–H groups in total. The van der Waals surface area contributed by atoms with Crippen LogP contribution in [0.4, 0.5) is 0 Å². The van der Waals surface area contributed by atoms with Gasteiger partial charge in [-0.1, -0.05) is 0 Å².